The lowest BCUT2D eigenvalue weighted by atomic mass is 10.2. The highest BCUT2D eigenvalue weighted by Crippen LogP contribution is 2.19. The van der Waals surface area contributed by atoms with Crippen LogP contribution in [0.4, 0.5) is 4.39 Å². The van der Waals surface area contributed by atoms with Gasteiger partial charge in [-0.25, -0.2) is 12.8 Å². The molecule has 2 rings (SSSR count). The summed E-state index contributed by atoms with van der Waals surface area (Å²) in [6.07, 6.45) is 0. The van der Waals surface area contributed by atoms with Gasteiger partial charge < -0.3 is 5.11 Å². The average molecular weight is 379 g/mol. The Balaban J connectivity index is 1.78. The summed E-state index contributed by atoms with van der Waals surface area (Å²) in [4.78, 5) is 14.7. The number of aliphatic carboxylic acids is 1. The third-order valence-electron chi connectivity index (χ3n) is 3.94. The quantitative estimate of drug-likeness (QED) is 0.765. The zero-order valence-corrected chi connectivity index (χ0v) is 14.7. The molecule has 0 radical (unpaired) electrons. The largest absolute Gasteiger partial charge is 0.480 e. The first-order valence-electron chi connectivity index (χ1n) is 7.56. The molecule has 0 aliphatic carbocycles. The van der Waals surface area contributed by atoms with Crippen molar-refractivity contribution < 1.29 is 22.7 Å². The van der Waals surface area contributed by atoms with Crippen molar-refractivity contribution in [3.05, 3.63) is 34.6 Å². The fourth-order valence-corrected chi connectivity index (χ4v) is 3.87. The summed E-state index contributed by atoms with van der Waals surface area (Å²) in [5, 5.41) is 8.97. The van der Waals surface area contributed by atoms with Crippen LogP contribution in [-0.4, -0.2) is 73.5 Å². The van der Waals surface area contributed by atoms with E-state index in [9.17, 15) is 17.6 Å². The Morgan fingerprint density at radius 1 is 1.21 bits per heavy atom. The van der Waals surface area contributed by atoms with E-state index in [4.69, 9.17) is 16.7 Å². The highest BCUT2D eigenvalue weighted by molar-refractivity contribution is 7.92. The van der Waals surface area contributed by atoms with E-state index in [1.54, 1.807) is 6.07 Å². The van der Waals surface area contributed by atoms with Crippen LogP contribution in [0.5, 0.6) is 0 Å². The Labute approximate surface area is 145 Å². The molecule has 24 heavy (non-hydrogen) atoms. The van der Waals surface area contributed by atoms with Crippen LogP contribution in [0.15, 0.2) is 18.2 Å². The van der Waals surface area contributed by atoms with E-state index in [1.165, 1.54) is 12.1 Å². The Kier molecular flexibility index (Phi) is 6.56. The smallest absolute Gasteiger partial charge is 0.318 e. The first-order valence-corrected chi connectivity index (χ1v) is 9.76. The predicted molar refractivity (Wildman–Crippen MR) is 89.4 cm³/mol. The zero-order chi connectivity index (χ0) is 17.7. The van der Waals surface area contributed by atoms with Crippen molar-refractivity contribution in [2.75, 3.05) is 44.2 Å². The number of rotatable bonds is 7. The molecule has 0 unspecified atom stereocenters. The van der Waals surface area contributed by atoms with E-state index >= 15 is 0 Å². The topological polar surface area (TPSA) is 77.9 Å². The molecule has 1 aliphatic heterocycles. The van der Waals surface area contributed by atoms with E-state index in [0.29, 0.717) is 31.2 Å². The van der Waals surface area contributed by atoms with E-state index in [0.717, 1.165) is 18.7 Å². The molecule has 0 atom stereocenters. The number of nitrogens with zero attached hydrogens (tertiary/aromatic N) is 2. The minimum Gasteiger partial charge on any atom is -0.480 e. The molecule has 0 amide bonds. The fraction of sp³-hybridized carbons (Fsp3) is 0.533. The number of piperazine rings is 1. The zero-order valence-electron chi connectivity index (χ0n) is 13.1. The van der Waals surface area contributed by atoms with Crippen molar-refractivity contribution in [3.63, 3.8) is 0 Å². The van der Waals surface area contributed by atoms with Gasteiger partial charge in [0.05, 0.1) is 5.75 Å². The van der Waals surface area contributed by atoms with Gasteiger partial charge in [0.15, 0.2) is 9.84 Å². The normalized spacial score (nSPS) is 17.1. The van der Waals surface area contributed by atoms with Gasteiger partial charge in [0, 0.05) is 44.3 Å². The predicted octanol–water partition coefficient (Wildman–Crippen LogP) is 1.10. The van der Waals surface area contributed by atoms with Gasteiger partial charge in [-0.15, -0.1) is 0 Å². The minimum atomic E-state index is -3.56. The number of carbonyl (C=O) groups is 1. The highest BCUT2D eigenvalue weighted by Gasteiger charge is 2.21. The second-order valence-electron chi connectivity index (χ2n) is 5.84. The highest BCUT2D eigenvalue weighted by atomic mass is 35.5. The standard InChI is InChI=1S/C15H20ClFN2O4S/c16-14-9-13(17)2-1-12(14)10-19-5-3-18(4-6-19)7-8-24(22,23)11-15(20)21/h1-2,9H,3-8,10-11H2,(H,20,21). The van der Waals surface area contributed by atoms with Gasteiger partial charge in [0.1, 0.15) is 11.6 Å². The molecule has 1 saturated heterocycles. The molecule has 0 spiro atoms. The van der Waals surface area contributed by atoms with Crippen LogP contribution in [0.2, 0.25) is 5.02 Å². The van der Waals surface area contributed by atoms with Crippen molar-refractivity contribution in [1.29, 1.82) is 0 Å². The molecule has 1 heterocycles. The van der Waals surface area contributed by atoms with Crippen LogP contribution < -0.4 is 0 Å². The Morgan fingerprint density at radius 2 is 1.83 bits per heavy atom. The lowest BCUT2D eigenvalue weighted by molar-refractivity contribution is -0.134. The third-order valence-corrected chi connectivity index (χ3v) is 5.78. The molecule has 0 saturated carbocycles. The van der Waals surface area contributed by atoms with Gasteiger partial charge in [0.2, 0.25) is 0 Å². The number of carboxylic acid groups (broad SMARTS) is 1. The van der Waals surface area contributed by atoms with Gasteiger partial charge in [-0.05, 0) is 17.7 Å². The van der Waals surface area contributed by atoms with Crippen LogP contribution in [0.3, 0.4) is 0 Å². The number of hydrogen-bond acceptors (Lipinski definition) is 5. The number of halogens is 2. The second-order valence-corrected chi connectivity index (χ2v) is 8.43. The maximum absolute atomic E-state index is 13.0. The minimum absolute atomic E-state index is 0.150. The Bertz CT molecular complexity index is 691. The maximum Gasteiger partial charge on any atom is 0.318 e. The number of benzene rings is 1. The number of hydrogen-bond donors (Lipinski definition) is 1. The van der Waals surface area contributed by atoms with Gasteiger partial charge in [-0.2, -0.15) is 0 Å². The Hall–Kier alpha value is -1.22. The van der Waals surface area contributed by atoms with E-state index in [-0.39, 0.29) is 11.6 Å². The monoisotopic (exact) mass is 378 g/mol. The van der Waals surface area contributed by atoms with Crippen LogP contribution in [0, 0.1) is 5.82 Å². The lowest BCUT2D eigenvalue weighted by Gasteiger charge is -2.34. The molecule has 0 aromatic heterocycles. The molecule has 1 aromatic rings. The molecule has 6 nitrogen and oxygen atoms in total. The fourth-order valence-electron chi connectivity index (χ4n) is 2.59. The van der Waals surface area contributed by atoms with Crippen LogP contribution in [-0.2, 0) is 21.2 Å². The lowest BCUT2D eigenvalue weighted by Crippen LogP contribution is -2.47. The second kappa shape index (κ2) is 8.24. The maximum atomic E-state index is 13.0. The average Bonchev–Trinajstić information content (AvgIpc) is 2.48. The van der Waals surface area contributed by atoms with Crippen LogP contribution >= 0.6 is 11.6 Å². The van der Waals surface area contributed by atoms with Crippen molar-refractivity contribution in [1.82, 2.24) is 9.80 Å². The number of carboxylic acids is 1. The number of sulfone groups is 1. The van der Waals surface area contributed by atoms with E-state index in [1.807, 2.05) is 4.90 Å². The molecule has 1 aromatic carbocycles. The first kappa shape index (κ1) is 19.1. The van der Waals surface area contributed by atoms with Crippen LogP contribution in [0.1, 0.15) is 5.56 Å². The molecule has 9 heteroatoms. The summed E-state index contributed by atoms with van der Waals surface area (Å²) in [6.45, 7) is 3.83. The van der Waals surface area contributed by atoms with Gasteiger partial charge >= 0.3 is 5.97 Å². The van der Waals surface area contributed by atoms with Gasteiger partial charge in [0.25, 0.3) is 0 Å². The van der Waals surface area contributed by atoms with Gasteiger partial charge in [-0.1, -0.05) is 17.7 Å². The first-order chi connectivity index (χ1) is 11.2. The SMILES string of the molecule is O=C(O)CS(=O)(=O)CCN1CCN(Cc2ccc(F)cc2Cl)CC1. The van der Waals surface area contributed by atoms with Crippen LogP contribution in [0.25, 0.3) is 0 Å². The summed E-state index contributed by atoms with van der Waals surface area (Å²) >= 11 is 6.03. The summed E-state index contributed by atoms with van der Waals surface area (Å²) in [5.74, 6) is -2.66. The molecule has 0 bridgehead atoms. The summed E-state index contributed by atoms with van der Waals surface area (Å²) in [6, 6.07) is 4.34. The summed E-state index contributed by atoms with van der Waals surface area (Å²) in [5.41, 5.74) is 0.857. The van der Waals surface area contributed by atoms with Crippen molar-refractivity contribution in [2.45, 2.75) is 6.54 Å². The molecule has 1 aliphatic rings. The molecular formula is C15H20ClFN2O4S. The summed E-state index contributed by atoms with van der Waals surface area (Å²) < 4.78 is 36.2. The molecule has 1 N–H and O–H groups in total. The molecule has 134 valence electrons. The van der Waals surface area contributed by atoms with Crippen molar-refractivity contribution in [3.8, 4) is 0 Å². The van der Waals surface area contributed by atoms with Gasteiger partial charge in [-0.3, -0.25) is 14.6 Å². The van der Waals surface area contributed by atoms with E-state index in [2.05, 4.69) is 4.90 Å². The molecule has 1 fully saturated rings. The van der Waals surface area contributed by atoms with Crippen molar-refractivity contribution in [2.24, 2.45) is 0 Å². The Morgan fingerprint density at radius 3 is 2.42 bits per heavy atom. The summed E-state index contributed by atoms with van der Waals surface area (Å²) in [7, 11) is -3.56. The molecular weight excluding hydrogens is 359 g/mol. The third kappa shape index (κ3) is 6.01. The van der Waals surface area contributed by atoms with Crippen molar-refractivity contribution >= 4 is 27.4 Å². The van der Waals surface area contributed by atoms with E-state index < -0.39 is 21.6 Å².